The van der Waals surface area contributed by atoms with Crippen LogP contribution in [0.5, 0.6) is 5.75 Å². The quantitative estimate of drug-likeness (QED) is 0.183. The lowest BCUT2D eigenvalue weighted by Gasteiger charge is -2.17. The topological polar surface area (TPSA) is 75.6 Å². The number of anilines is 1. The van der Waals surface area contributed by atoms with Gasteiger partial charge in [0, 0.05) is 17.5 Å². The fraction of sp³-hybridized carbons (Fsp3) is 0.179. The first-order valence-corrected chi connectivity index (χ1v) is 13.5. The molecule has 1 aliphatic carbocycles. The highest BCUT2D eigenvalue weighted by molar-refractivity contribution is 7.96. The molecule has 0 bridgehead atoms. The van der Waals surface area contributed by atoms with Gasteiger partial charge in [0.2, 0.25) is 0 Å². The summed E-state index contributed by atoms with van der Waals surface area (Å²) in [5.74, 6) is -0.250. The van der Waals surface area contributed by atoms with Gasteiger partial charge in [0.05, 0.1) is 22.7 Å². The third-order valence-electron chi connectivity index (χ3n) is 6.28. The molecule has 0 aliphatic heterocycles. The van der Waals surface area contributed by atoms with Gasteiger partial charge in [-0.15, -0.1) is 13.2 Å². The Balaban J connectivity index is 1.23. The van der Waals surface area contributed by atoms with E-state index in [0.717, 1.165) is 80.2 Å². The maximum Gasteiger partial charge on any atom is 0.573 e. The van der Waals surface area contributed by atoms with Crippen LogP contribution in [0, 0.1) is 13.8 Å². The van der Waals surface area contributed by atoms with E-state index in [1.54, 1.807) is 18.3 Å². The van der Waals surface area contributed by atoms with E-state index >= 15 is 0 Å². The number of para-hydroxylation sites is 1. The van der Waals surface area contributed by atoms with Gasteiger partial charge in [-0.2, -0.15) is 4.37 Å². The number of aryl methyl sites for hydroxylation is 3. The fourth-order valence-electron chi connectivity index (χ4n) is 4.48. The first-order chi connectivity index (χ1) is 18.7. The molecule has 1 heterocycles. The van der Waals surface area contributed by atoms with Crippen LogP contribution in [0.1, 0.15) is 27.8 Å². The van der Waals surface area contributed by atoms with E-state index < -0.39 is 6.36 Å². The van der Waals surface area contributed by atoms with Crippen molar-refractivity contribution in [3.63, 3.8) is 0 Å². The second-order valence-corrected chi connectivity index (χ2v) is 10.3. The van der Waals surface area contributed by atoms with Crippen molar-refractivity contribution in [3.05, 3.63) is 88.5 Å². The number of benzene rings is 3. The lowest BCUT2D eigenvalue weighted by molar-refractivity contribution is -0.274. The van der Waals surface area contributed by atoms with Crippen molar-refractivity contribution < 1.29 is 22.7 Å². The molecule has 5 rings (SSSR count). The molecule has 11 heteroatoms. The summed E-state index contributed by atoms with van der Waals surface area (Å²) in [5.41, 5.74) is 8.62. The Labute approximate surface area is 231 Å². The number of aromatic nitrogens is 1. The summed E-state index contributed by atoms with van der Waals surface area (Å²) in [6.45, 7) is 3.88. The number of halogens is 3. The molecule has 0 saturated carbocycles. The number of fused-ring (bicyclic) bond motifs is 3. The van der Waals surface area contributed by atoms with Gasteiger partial charge in [-0.3, -0.25) is 4.72 Å². The third-order valence-corrected chi connectivity index (χ3v) is 7.71. The average molecular weight is 569 g/mol. The minimum Gasteiger partial charge on any atom is -0.406 e. The first-order valence-electron chi connectivity index (χ1n) is 12.0. The summed E-state index contributed by atoms with van der Waals surface area (Å²) in [6, 6.07) is 17.3. The van der Waals surface area contributed by atoms with Crippen LogP contribution in [0.3, 0.4) is 0 Å². The summed E-state index contributed by atoms with van der Waals surface area (Å²) >= 11 is 2.28. The Bertz CT molecular complexity index is 1530. The summed E-state index contributed by atoms with van der Waals surface area (Å²) < 4.78 is 53.0. The monoisotopic (exact) mass is 568 g/mol. The maximum atomic E-state index is 12.5. The zero-order chi connectivity index (χ0) is 27.6. The minimum atomic E-state index is -4.72. The molecular formula is C28H23F3N4O2S2. The van der Waals surface area contributed by atoms with Crippen LogP contribution in [-0.4, -0.2) is 23.0 Å². The Morgan fingerprint density at radius 2 is 1.82 bits per heavy atom. The molecule has 3 aromatic carbocycles. The number of alkyl halides is 3. The van der Waals surface area contributed by atoms with Crippen LogP contribution in [0.2, 0.25) is 0 Å². The van der Waals surface area contributed by atoms with Crippen LogP contribution in [0.4, 0.5) is 23.7 Å². The van der Waals surface area contributed by atoms with E-state index in [9.17, 15) is 18.0 Å². The number of carbonyl (C=O) groups is 1. The zero-order valence-corrected chi connectivity index (χ0v) is 22.6. The number of rotatable bonds is 6. The minimum absolute atomic E-state index is 0.250. The SMILES string of the molecule is Cc1cccc(C)c1NC(=O)NSN=Cc1ccc2c(c1)CCc1c-2nsc1-c1ccc(OC(F)(F)F)cc1. The molecule has 39 heavy (non-hydrogen) atoms. The Morgan fingerprint density at radius 3 is 2.54 bits per heavy atom. The normalized spacial score (nSPS) is 12.6. The van der Waals surface area contributed by atoms with Crippen molar-refractivity contribution in [1.29, 1.82) is 0 Å². The molecule has 2 N–H and O–H groups in total. The first kappa shape index (κ1) is 26.8. The molecule has 0 saturated heterocycles. The Hall–Kier alpha value is -3.83. The smallest absolute Gasteiger partial charge is 0.406 e. The molecule has 1 aliphatic rings. The number of amides is 2. The number of hydrogen-bond donors (Lipinski definition) is 2. The summed E-state index contributed by atoms with van der Waals surface area (Å²) in [4.78, 5) is 13.2. The van der Waals surface area contributed by atoms with Crippen LogP contribution in [0.25, 0.3) is 21.7 Å². The van der Waals surface area contributed by atoms with E-state index in [2.05, 4.69) is 29.6 Å². The van der Waals surface area contributed by atoms with E-state index in [0.29, 0.717) is 0 Å². The van der Waals surface area contributed by atoms with Gasteiger partial charge in [-0.1, -0.05) is 30.3 Å². The molecule has 4 aromatic rings. The lowest BCUT2D eigenvalue weighted by atomic mass is 9.87. The largest absolute Gasteiger partial charge is 0.573 e. The van der Waals surface area contributed by atoms with E-state index in [4.69, 9.17) is 0 Å². The molecule has 6 nitrogen and oxygen atoms in total. The summed E-state index contributed by atoms with van der Waals surface area (Å²) in [6.07, 6.45) is -1.46. The fourth-order valence-corrected chi connectivity index (χ4v) is 5.79. The number of nitrogens with zero attached hydrogens (tertiary/aromatic N) is 2. The highest BCUT2D eigenvalue weighted by atomic mass is 32.2. The van der Waals surface area contributed by atoms with Gasteiger partial charge in [-0.05, 0) is 102 Å². The second kappa shape index (κ2) is 11.1. The predicted octanol–water partition coefficient (Wildman–Crippen LogP) is 7.89. The highest BCUT2D eigenvalue weighted by Crippen LogP contribution is 2.41. The number of hydrogen-bond acceptors (Lipinski definition) is 6. The van der Waals surface area contributed by atoms with Crippen molar-refractivity contribution in [3.8, 4) is 27.4 Å². The molecule has 0 unspecified atom stereocenters. The van der Waals surface area contributed by atoms with Crippen LogP contribution < -0.4 is 14.8 Å². The average Bonchev–Trinajstić information content (AvgIpc) is 3.33. The standard InChI is InChI=1S/C28H23F3N4O2S2/c1-16-4-3-5-17(2)24(16)33-27(36)35-39-32-15-18-6-12-22-20(14-18)9-13-23-25(22)34-38-26(23)19-7-10-21(11-8-19)37-28(29,30)31/h3-8,10-12,14-15H,9,13H2,1-2H3,(H2,33,35,36). The van der Waals surface area contributed by atoms with Gasteiger partial charge in [-0.25, -0.2) is 9.19 Å². The van der Waals surface area contributed by atoms with Gasteiger partial charge in [0.1, 0.15) is 5.75 Å². The summed E-state index contributed by atoms with van der Waals surface area (Å²) in [5, 5.41) is 2.85. The second-order valence-electron chi connectivity index (χ2n) is 8.98. The van der Waals surface area contributed by atoms with Crippen molar-refractivity contribution in [1.82, 2.24) is 9.10 Å². The van der Waals surface area contributed by atoms with Crippen molar-refractivity contribution in [2.75, 3.05) is 5.32 Å². The van der Waals surface area contributed by atoms with Crippen molar-refractivity contribution in [2.24, 2.45) is 4.40 Å². The van der Waals surface area contributed by atoms with Crippen molar-refractivity contribution >= 4 is 41.6 Å². The maximum absolute atomic E-state index is 12.5. The van der Waals surface area contributed by atoms with Gasteiger partial charge in [0.15, 0.2) is 0 Å². The zero-order valence-electron chi connectivity index (χ0n) is 20.9. The van der Waals surface area contributed by atoms with Crippen LogP contribution in [-0.2, 0) is 12.8 Å². The summed E-state index contributed by atoms with van der Waals surface area (Å²) in [7, 11) is 0. The number of nitrogens with one attached hydrogen (secondary N) is 2. The molecular weight excluding hydrogens is 545 g/mol. The molecule has 2 amide bonds. The number of carbonyl (C=O) groups excluding carboxylic acids is 1. The molecule has 200 valence electrons. The van der Waals surface area contributed by atoms with Gasteiger partial charge < -0.3 is 10.1 Å². The third kappa shape index (κ3) is 6.26. The van der Waals surface area contributed by atoms with Gasteiger partial charge >= 0.3 is 12.4 Å². The Kier molecular flexibility index (Phi) is 7.62. The molecule has 0 radical (unpaired) electrons. The number of ether oxygens (including phenoxy) is 1. The van der Waals surface area contributed by atoms with Gasteiger partial charge in [0.25, 0.3) is 0 Å². The molecule has 0 fully saturated rings. The van der Waals surface area contributed by atoms with Crippen LogP contribution in [0.15, 0.2) is 65.1 Å². The predicted molar refractivity (Wildman–Crippen MR) is 150 cm³/mol. The Morgan fingerprint density at radius 1 is 1.08 bits per heavy atom. The molecule has 0 spiro atoms. The molecule has 1 aromatic heterocycles. The van der Waals surface area contributed by atoms with E-state index in [-0.39, 0.29) is 11.8 Å². The molecule has 0 atom stereocenters. The van der Waals surface area contributed by atoms with E-state index in [1.807, 2.05) is 44.2 Å². The number of urea groups is 1. The highest BCUT2D eigenvalue weighted by Gasteiger charge is 2.31. The van der Waals surface area contributed by atoms with Crippen LogP contribution >= 0.6 is 23.7 Å². The van der Waals surface area contributed by atoms with Crippen molar-refractivity contribution in [2.45, 2.75) is 33.1 Å². The van der Waals surface area contributed by atoms with E-state index in [1.165, 1.54) is 23.7 Å². The lowest BCUT2D eigenvalue weighted by Crippen LogP contribution is -2.23.